The molecule has 0 radical (unpaired) electrons. The summed E-state index contributed by atoms with van der Waals surface area (Å²) in [5.41, 5.74) is 2.57. The van der Waals surface area contributed by atoms with Crippen molar-refractivity contribution in [3.63, 3.8) is 0 Å². The van der Waals surface area contributed by atoms with Crippen molar-refractivity contribution in [3.05, 3.63) is 82.1 Å². The number of halogens is 1. The Hall–Kier alpha value is -2.46. The smallest absolute Gasteiger partial charge is 0.273 e. The van der Waals surface area contributed by atoms with Gasteiger partial charge in [-0.2, -0.15) is 4.98 Å². The van der Waals surface area contributed by atoms with Crippen LogP contribution < -0.4 is 5.56 Å². The normalized spacial score (nSPS) is 10.5. The first-order valence-corrected chi connectivity index (χ1v) is 6.81. The molecule has 0 aliphatic rings. The molecule has 2 aromatic heterocycles. The molecule has 104 valence electrons. The van der Waals surface area contributed by atoms with Crippen molar-refractivity contribution in [1.82, 2.24) is 14.5 Å². The maximum absolute atomic E-state index is 11.6. The van der Waals surface area contributed by atoms with Crippen LogP contribution in [0.5, 0.6) is 0 Å². The summed E-state index contributed by atoms with van der Waals surface area (Å²) in [5.74, 6) is 0. The summed E-state index contributed by atoms with van der Waals surface area (Å²) in [6, 6.07) is 12.9. The largest absolute Gasteiger partial charge is 0.327 e. The van der Waals surface area contributed by atoms with Gasteiger partial charge in [-0.25, -0.2) is 0 Å². The molecule has 0 aliphatic heterocycles. The van der Waals surface area contributed by atoms with Crippen LogP contribution >= 0.6 is 11.6 Å². The average molecular weight is 298 g/mol. The molecule has 2 heterocycles. The zero-order valence-electron chi connectivity index (χ0n) is 11.1. The predicted octanol–water partition coefficient (Wildman–Crippen LogP) is 3.01. The van der Waals surface area contributed by atoms with E-state index < -0.39 is 0 Å². The highest BCUT2D eigenvalue weighted by molar-refractivity contribution is 6.30. The van der Waals surface area contributed by atoms with E-state index in [2.05, 4.69) is 9.97 Å². The van der Waals surface area contributed by atoms with Gasteiger partial charge in [-0.3, -0.25) is 9.78 Å². The van der Waals surface area contributed by atoms with Crippen LogP contribution in [0.15, 0.2) is 66.0 Å². The molecule has 0 saturated carbocycles. The Kier molecular flexibility index (Phi) is 3.79. The molecule has 4 nitrogen and oxygen atoms in total. The first kappa shape index (κ1) is 13.5. The lowest BCUT2D eigenvalue weighted by atomic mass is 10.1. The summed E-state index contributed by atoms with van der Waals surface area (Å²) in [6.45, 7) is 0.613. The molecule has 0 atom stereocenters. The number of hydrogen-bond donors (Lipinski definition) is 0. The topological polar surface area (TPSA) is 47.8 Å². The Bertz CT molecular complexity index is 798. The van der Waals surface area contributed by atoms with Crippen molar-refractivity contribution in [3.8, 4) is 11.3 Å². The van der Waals surface area contributed by atoms with Crippen LogP contribution in [-0.2, 0) is 6.54 Å². The minimum Gasteiger partial charge on any atom is -0.327 e. The van der Waals surface area contributed by atoms with Crippen molar-refractivity contribution in [2.24, 2.45) is 0 Å². The van der Waals surface area contributed by atoms with Crippen LogP contribution in [0.1, 0.15) is 5.56 Å². The SMILES string of the molecule is O=c1cc(-c2ccncc2)n(Cc2ccc(Cl)cc2)cn1. The molecule has 0 saturated heterocycles. The minimum atomic E-state index is -0.255. The van der Waals surface area contributed by atoms with Crippen LogP contribution in [0.2, 0.25) is 5.02 Å². The van der Waals surface area contributed by atoms with Gasteiger partial charge >= 0.3 is 0 Å². The van der Waals surface area contributed by atoms with E-state index in [-0.39, 0.29) is 5.56 Å². The molecule has 0 aliphatic carbocycles. The Balaban J connectivity index is 2.02. The molecule has 5 heteroatoms. The number of nitrogens with zero attached hydrogens (tertiary/aromatic N) is 3. The van der Waals surface area contributed by atoms with Gasteiger partial charge in [-0.15, -0.1) is 0 Å². The number of hydrogen-bond acceptors (Lipinski definition) is 3. The zero-order valence-corrected chi connectivity index (χ0v) is 11.9. The molecule has 0 N–H and O–H groups in total. The Morgan fingerprint density at radius 3 is 2.48 bits per heavy atom. The lowest BCUT2D eigenvalue weighted by molar-refractivity contribution is 0.769. The maximum Gasteiger partial charge on any atom is 0.273 e. The van der Waals surface area contributed by atoms with Gasteiger partial charge < -0.3 is 4.57 Å². The van der Waals surface area contributed by atoms with E-state index in [4.69, 9.17) is 11.6 Å². The monoisotopic (exact) mass is 297 g/mol. The fraction of sp³-hybridized carbons (Fsp3) is 0.0625. The molecular weight excluding hydrogens is 286 g/mol. The van der Waals surface area contributed by atoms with Crippen LogP contribution in [-0.4, -0.2) is 14.5 Å². The Morgan fingerprint density at radius 2 is 1.76 bits per heavy atom. The van der Waals surface area contributed by atoms with Gasteiger partial charge in [0.1, 0.15) is 0 Å². The van der Waals surface area contributed by atoms with Crippen LogP contribution in [0.3, 0.4) is 0 Å². The van der Waals surface area contributed by atoms with E-state index in [9.17, 15) is 4.79 Å². The van der Waals surface area contributed by atoms with Crippen molar-refractivity contribution in [1.29, 1.82) is 0 Å². The standard InChI is InChI=1S/C16H12ClN3O/c17-14-3-1-12(2-4-14)10-20-11-19-16(21)9-15(20)13-5-7-18-8-6-13/h1-9,11H,10H2. The molecule has 1 aromatic carbocycles. The summed E-state index contributed by atoms with van der Waals surface area (Å²) in [7, 11) is 0. The average Bonchev–Trinajstić information content (AvgIpc) is 2.52. The molecule has 21 heavy (non-hydrogen) atoms. The van der Waals surface area contributed by atoms with Gasteiger partial charge in [-0.05, 0) is 29.8 Å². The summed E-state index contributed by atoms with van der Waals surface area (Å²) in [5, 5.41) is 0.700. The van der Waals surface area contributed by atoms with Crippen LogP contribution in [0.4, 0.5) is 0 Å². The third-order valence-corrected chi connectivity index (χ3v) is 3.39. The van der Waals surface area contributed by atoms with Crippen molar-refractivity contribution in [2.75, 3.05) is 0 Å². The van der Waals surface area contributed by atoms with Crippen molar-refractivity contribution < 1.29 is 0 Å². The zero-order chi connectivity index (χ0) is 14.7. The van der Waals surface area contributed by atoms with Gasteiger partial charge in [0.2, 0.25) is 0 Å². The lowest BCUT2D eigenvalue weighted by Gasteiger charge is -2.12. The van der Waals surface area contributed by atoms with Gasteiger partial charge in [0.15, 0.2) is 0 Å². The molecular formula is C16H12ClN3O. The second-order valence-corrected chi connectivity index (χ2v) is 5.04. The fourth-order valence-corrected chi connectivity index (χ4v) is 2.24. The maximum atomic E-state index is 11.6. The Labute approximate surface area is 126 Å². The lowest BCUT2D eigenvalue weighted by Crippen LogP contribution is -2.13. The Morgan fingerprint density at radius 1 is 1.05 bits per heavy atom. The van der Waals surface area contributed by atoms with Gasteiger partial charge in [0.05, 0.1) is 12.0 Å². The van der Waals surface area contributed by atoms with E-state index in [1.807, 2.05) is 41.0 Å². The van der Waals surface area contributed by atoms with E-state index in [1.54, 1.807) is 18.7 Å². The number of rotatable bonds is 3. The predicted molar refractivity (Wildman–Crippen MR) is 82.3 cm³/mol. The van der Waals surface area contributed by atoms with Crippen LogP contribution in [0.25, 0.3) is 11.3 Å². The minimum absolute atomic E-state index is 0.255. The molecule has 3 aromatic rings. The summed E-state index contributed by atoms with van der Waals surface area (Å²) >= 11 is 5.90. The summed E-state index contributed by atoms with van der Waals surface area (Å²) < 4.78 is 1.93. The van der Waals surface area contributed by atoms with E-state index in [1.165, 1.54) is 6.07 Å². The van der Waals surface area contributed by atoms with Crippen molar-refractivity contribution in [2.45, 2.75) is 6.54 Å². The van der Waals surface area contributed by atoms with E-state index in [0.29, 0.717) is 11.6 Å². The highest BCUT2D eigenvalue weighted by atomic mass is 35.5. The number of pyridine rings is 1. The second-order valence-electron chi connectivity index (χ2n) is 4.60. The van der Waals surface area contributed by atoms with Gasteiger partial charge in [0.25, 0.3) is 5.56 Å². The molecule has 0 bridgehead atoms. The van der Waals surface area contributed by atoms with E-state index >= 15 is 0 Å². The quantitative estimate of drug-likeness (QED) is 0.746. The molecule has 3 rings (SSSR count). The van der Waals surface area contributed by atoms with E-state index in [0.717, 1.165) is 16.8 Å². The highest BCUT2D eigenvalue weighted by Crippen LogP contribution is 2.18. The van der Waals surface area contributed by atoms with Crippen molar-refractivity contribution >= 4 is 11.6 Å². The third-order valence-electron chi connectivity index (χ3n) is 3.14. The summed E-state index contributed by atoms with van der Waals surface area (Å²) in [4.78, 5) is 19.4. The third kappa shape index (κ3) is 3.17. The second kappa shape index (κ2) is 5.89. The molecule has 0 spiro atoms. The first-order valence-electron chi connectivity index (χ1n) is 6.44. The fourth-order valence-electron chi connectivity index (χ4n) is 2.11. The highest BCUT2D eigenvalue weighted by Gasteiger charge is 2.05. The van der Waals surface area contributed by atoms with Gasteiger partial charge in [-0.1, -0.05) is 23.7 Å². The summed E-state index contributed by atoms with van der Waals surface area (Å²) in [6.07, 6.45) is 4.96. The number of aromatic nitrogens is 3. The molecule has 0 amide bonds. The molecule has 0 unspecified atom stereocenters. The first-order chi connectivity index (χ1) is 10.2. The van der Waals surface area contributed by atoms with Crippen LogP contribution in [0, 0.1) is 0 Å². The molecule has 0 fully saturated rings. The van der Waals surface area contributed by atoms with Gasteiger partial charge in [0, 0.05) is 35.6 Å². The number of benzene rings is 1.